The van der Waals surface area contributed by atoms with Crippen molar-refractivity contribution >= 4 is 68.4 Å². The van der Waals surface area contributed by atoms with Crippen molar-refractivity contribution in [3.63, 3.8) is 0 Å². The molecule has 34 heavy (non-hydrogen) atoms. The summed E-state index contributed by atoms with van der Waals surface area (Å²) in [6.07, 6.45) is 2.79. The van der Waals surface area contributed by atoms with E-state index in [1.54, 1.807) is 35.4 Å². The van der Waals surface area contributed by atoms with Crippen molar-refractivity contribution in [3.05, 3.63) is 111 Å². The second-order valence-electron chi connectivity index (χ2n) is 8.17. The summed E-state index contributed by atoms with van der Waals surface area (Å²) in [5, 5.41) is 1.20. The Morgan fingerprint density at radius 1 is 0.912 bits per heavy atom. The maximum atomic E-state index is 6.25. The van der Waals surface area contributed by atoms with E-state index in [0.717, 1.165) is 38.0 Å². The number of aliphatic imine (C=N–C) groups is 1. The molecule has 0 N–H and O–H groups in total. The van der Waals surface area contributed by atoms with Gasteiger partial charge in [-0.1, -0.05) is 83.5 Å². The third-order valence-corrected chi connectivity index (χ3v) is 8.68. The van der Waals surface area contributed by atoms with Crippen LogP contribution in [-0.4, -0.2) is 11.2 Å². The summed E-state index contributed by atoms with van der Waals surface area (Å²) in [6, 6.07) is 27.0. The van der Waals surface area contributed by atoms with Gasteiger partial charge in [0.05, 0.1) is 20.9 Å². The molecule has 0 unspecified atom stereocenters. The molecule has 0 saturated carbocycles. The summed E-state index contributed by atoms with van der Waals surface area (Å²) in [7, 11) is 0. The Labute approximate surface area is 216 Å². The van der Waals surface area contributed by atoms with Crippen LogP contribution in [0.25, 0.3) is 21.3 Å². The molecule has 6 rings (SSSR count). The van der Waals surface area contributed by atoms with Crippen LogP contribution < -0.4 is 0 Å². The van der Waals surface area contributed by atoms with E-state index < -0.39 is 0 Å². The Balaban J connectivity index is 1.17. The van der Waals surface area contributed by atoms with Crippen molar-refractivity contribution in [3.8, 4) is 11.1 Å². The van der Waals surface area contributed by atoms with Crippen LogP contribution in [-0.2, 0) is 12.2 Å². The molecule has 0 spiro atoms. The molecule has 0 atom stereocenters. The standard InChI is InChI=1S/C28H18Cl2N2S2/c29-21-7-6-19(25(30)13-21)15-31-22-8-10-26-27(14-22)34-28(32-26)33-16-17-5-9-24-20(11-17)12-18-3-1-2-4-23(18)24/h1-11,13-15H,12,16H2. The molecule has 0 saturated heterocycles. The molecule has 0 radical (unpaired) electrons. The monoisotopic (exact) mass is 516 g/mol. The van der Waals surface area contributed by atoms with Crippen molar-refractivity contribution in [1.82, 2.24) is 4.98 Å². The van der Waals surface area contributed by atoms with E-state index in [-0.39, 0.29) is 0 Å². The number of halogens is 2. The molecule has 0 amide bonds. The van der Waals surface area contributed by atoms with Gasteiger partial charge >= 0.3 is 0 Å². The number of aromatic nitrogens is 1. The topological polar surface area (TPSA) is 25.2 Å². The molecular weight excluding hydrogens is 499 g/mol. The van der Waals surface area contributed by atoms with Gasteiger partial charge in [0.25, 0.3) is 0 Å². The van der Waals surface area contributed by atoms with Gasteiger partial charge in [0.2, 0.25) is 0 Å². The van der Waals surface area contributed by atoms with Gasteiger partial charge < -0.3 is 0 Å². The zero-order valence-corrected chi connectivity index (χ0v) is 21.1. The van der Waals surface area contributed by atoms with Gasteiger partial charge in [-0.2, -0.15) is 0 Å². The Morgan fingerprint density at radius 3 is 2.71 bits per heavy atom. The summed E-state index contributed by atoms with van der Waals surface area (Å²) < 4.78 is 2.20. The van der Waals surface area contributed by atoms with Crippen molar-refractivity contribution in [2.75, 3.05) is 0 Å². The van der Waals surface area contributed by atoms with Crippen molar-refractivity contribution < 1.29 is 0 Å². The molecule has 5 aromatic rings. The first-order valence-corrected chi connectivity index (χ1v) is 13.4. The molecule has 2 nitrogen and oxygen atoms in total. The minimum Gasteiger partial charge on any atom is -0.256 e. The van der Waals surface area contributed by atoms with Crippen LogP contribution in [0.4, 0.5) is 5.69 Å². The average Bonchev–Trinajstić information content (AvgIpc) is 3.42. The highest BCUT2D eigenvalue weighted by molar-refractivity contribution is 8.00. The molecule has 1 heterocycles. The number of thioether (sulfide) groups is 1. The zero-order chi connectivity index (χ0) is 23.1. The number of hydrogen-bond acceptors (Lipinski definition) is 4. The lowest BCUT2D eigenvalue weighted by Gasteiger charge is -2.04. The molecule has 0 bridgehead atoms. The molecular formula is C28H18Cl2N2S2. The van der Waals surface area contributed by atoms with E-state index in [9.17, 15) is 0 Å². The first-order valence-electron chi connectivity index (χ1n) is 10.8. The van der Waals surface area contributed by atoms with E-state index in [0.29, 0.717) is 10.0 Å². The first-order chi connectivity index (χ1) is 16.6. The lowest BCUT2D eigenvalue weighted by molar-refractivity contribution is 1.24. The molecule has 6 heteroatoms. The SMILES string of the molecule is Clc1ccc(C=Nc2ccc3nc(SCc4ccc5c(c4)Cc4ccccc4-5)sc3c2)c(Cl)c1. The summed E-state index contributed by atoms with van der Waals surface area (Å²) in [4.78, 5) is 9.40. The summed E-state index contributed by atoms with van der Waals surface area (Å²) in [6.45, 7) is 0. The van der Waals surface area contributed by atoms with Crippen LogP contribution in [0.3, 0.4) is 0 Å². The van der Waals surface area contributed by atoms with Crippen molar-refractivity contribution in [1.29, 1.82) is 0 Å². The van der Waals surface area contributed by atoms with Crippen LogP contribution in [0.2, 0.25) is 10.0 Å². The van der Waals surface area contributed by atoms with Crippen LogP contribution in [0.5, 0.6) is 0 Å². The fourth-order valence-corrected chi connectivity index (χ4v) is 6.72. The van der Waals surface area contributed by atoms with Crippen molar-refractivity contribution in [2.45, 2.75) is 16.5 Å². The summed E-state index contributed by atoms with van der Waals surface area (Å²) in [5.41, 5.74) is 9.64. The van der Waals surface area contributed by atoms with Gasteiger partial charge in [0.15, 0.2) is 4.34 Å². The van der Waals surface area contributed by atoms with Crippen molar-refractivity contribution in [2.24, 2.45) is 4.99 Å². The molecule has 1 aliphatic rings. The number of thiazole rings is 1. The number of nitrogens with zero attached hydrogens (tertiary/aromatic N) is 2. The molecule has 0 aliphatic heterocycles. The molecule has 166 valence electrons. The van der Waals surface area contributed by atoms with Crippen LogP contribution in [0.15, 0.2) is 88.2 Å². The zero-order valence-electron chi connectivity index (χ0n) is 18.0. The second kappa shape index (κ2) is 9.20. The minimum atomic E-state index is 0.587. The minimum absolute atomic E-state index is 0.587. The third kappa shape index (κ3) is 4.39. The van der Waals surface area contributed by atoms with Gasteiger partial charge in [-0.3, -0.25) is 4.99 Å². The van der Waals surface area contributed by atoms with Crippen LogP contribution >= 0.6 is 46.3 Å². The van der Waals surface area contributed by atoms with E-state index in [4.69, 9.17) is 28.2 Å². The summed E-state index contributed by atoms with van der Waals surface area (Å²) in [5.74, 6) is 0.906. The van der Waals surface area contributed by atoms with Crippen LogP contribution in [0.1, 0.15) is 22.3 Å². The fraction of sp³-hybridized carbons (Fsp3) is 0.0714. The fourth-order valence-electron chi connectivity index (χ4n) is 4.22. The highest BCUT2D eigenvalue weighted by Gasteiger charge is 2.18. The molecule has 0 fully saturated rings. The van der Waals surface area contributed by atoms with Crippen LogP contribution in [0, 0.1) is 0 Å². The quantitative estimate of drug-likeness (QED) is 0.168. The van der Waals surface area contributed by atoms with Gasteiger partial charge in [0.1, 0.15) is 0 Å². The lowest BCUT2D eigenvalue weighted by Crippen LogP contribution is -1.85. The average molecular weight is 518 g/mol. The van der Waals surface area contributed by atoms with Gasteiger partial charge in [-0.05, 0) is 64.6 Å². The molecule has 1 aliphatic carbocycles. The van der Waals surface area contributed by atoms with E-state index in [1.165, 1.54) is 27.8 Å². The molecule has 4 aromatic carbocycles. The first kappa shape index (κ1) is 21.9. The molecule has 1 aromatic heterocycles. The van der Waals surface area contributed by atoms with Gasteiger partial charge in [-0.25, -0.2) is 4.98 Å². The lowest BCUT2D eigenvalue weighted by atomic mass is 10.0. The predicted octanol–water partition coefficient (Wildman–Crippen LogP) is 9.22. The Morgan fingerprint density at radius 2 is 1.79 bits per heavy atom. The maximum Gasteiger partial charge on any atom is 0.151 e. The normalized spacial score (nSPS) is 12.4. The number of benzene rings is 4. The highest BCUT2D eigenvalue weighted by atomic mass is 35.5. The largest absolute Gasteiger partial charge is 0.256 e. The smallest absolute Gasteiger partial charge is 0.151 e. The van der Waals surface area contributed by atoms with Gasteiger partial charge in [-0.15, -0.1) is 11.3 Å². The summed E-state index contributed by atoms with van der Waals surface area (Å²) >= 11 is 15.7. The second-order valence-corrected chi connectivity index (χ2v) is 11.3. The third-order valence-electron chi connectivity index (χ3n) is 5.89. The number of rotatable bonds is 5. The predicted molar refractivity (Wildman–Crippen MR) is 148 cm³/mol. The van der Waals surface area contributed by atoms with E-state index in [1.807, 2.05) is 24.3 Å². The maximum absolute atomic E-state index is 6.25. The van der Waals surface area contributed by atoms with E-state index >= 15 is 0 Å². The number of fused-ring (bicyclic) bond motifs is 4. The van der Waals surface area contributed by atoms with Gasteiger partial charge in [0, 0.05) is 22.6 Å². The Bertz CT molecular complexity index is 1570. The number of hydrogen-bond donors (Lipinski definition) is 0. The van der Waals surface area contributed by atoms with E-state index in [2.05, 4.69) is 53.5 Å². The Hall–Kier alpha value is -2.63. The Kier molecular flexibility index (Phi) is 5.92. The highest BCUT2D eigenvalue weighted by Crippen LogP contribution is 2.38.